The van der Waals surface area contributed by atoms with E-state index in [9.17, 15) is 4.21 Å². The van der Waals surface area contributed by atoms with Crippen LogP contribution in [0.1, 0.15) is 5.82 Å². The average Bonchev–Trinajstić information content (AvgIpc) is 2.17. The third-order valence-corrected chi connectivity index (χ3v) is 3.76. The second kappa shape index (κ2) is 4.45. The van der Waals surface area contributed by atoms with Crippen molar-refractivity contribution in [2.24, 2.45) is 0 Å². The molecule has 1 saturated heterocycles. The quantitative estimate of drug-likeness (QED) is 0.693. The Balaban J connectivity index is 2.18. The van der Waals surface area contributed by atoms with Gasteiger partial charge in [0.2, 0.25) is 0 Å². The molecule has 0 bridgehead atoms. The van der Waals surface area contributed by atoms with Crippen LogP contribution in [0.2, 0.25) is 5.15 Å². The summed E-state index contributed by atoms with van der Waals surface area (Å²) in [7, 11) is -0.663. The molecule has 1 aliphatic rings. The van der Waals surface area contributed by atoms with Crippen LogP contribution in [0, 0.1) is 6.92 Å². The van der Waals surface area contributed by atoms with E-state index in [1.165, 1.54) is 0 Å². The normalized spacial score (nSPS) is 18.1. The van der Waals surface area contributed by atoms with Gasteiger partial charge in [-0.05, 0) is 6.92 Å². The van der Waals surface area contributed by atoms with E-state index in [1.54, 1.807) is 6.07 Å². The third kappa shape index (κ3) is 2.66. The molecule has 0 aliphatic carbocycles. The van der Waals surface area contributed by atoms with Gasteiger partial charge in [0.15, 0.2) is 0 Å². The number of aromatic nitrogens is 2. The second-order valence-electron chi connectivity index (χ2n) is 3.43. The number of aryl methyl sites for hydroxylation is 1. The summed E-state index contributed by atoms with van der Waals surface area (Å²) in [5.74, 6) is 2.93. The molecule has 0 aromatic carbocycles. The summed E-state index contributed by atoms with van der Waals surface area (Å²) < 4.78 is 11.2. The first-order chi connectivity index (χ1) is 7.15. The summed E-state index contributed by atoms with van der Waals surface area (Å²) in [6, 6.07) is 1.75. The topological polar surface area (TPSA) is 46.1 Å². The van der Waals surface area contributed by atoms with Crippen molar-refractivity contribution in [2.45, 2.75) is 6.92 Å². The van der Waals surface area contributed by atoms with Crippen LogP contribution in [0.5, 0.6) is 0 Å². The van der Waals surface area contributed by atoms with Crippen LogP contribution in [-0.4, -0.2) is 38.8 Å². The molecule has 2 rings (SSSR count). The van der Waals surface area contributed by atoms with Crippen LogP contribution >= 0.6 is 11.6 Å². The van der Waals surface area contributed by atoms with E-state index in [-0.39, 0.29) is 0 Å². The number of hydrogen-bond acceptors (Lipinski definition) is 4. The van der Waals surface area contributed by atoms with Gasteiger partial charge in [-0.3, -0.25) is 4.21 Å². The van der Waals surface area contributed by atoms with Gasteiger partial charge in [0.05, 0.1) is 0 Å². The van der Waals surface area contributed by atoms with Crippen LogP contribution in [-0.2, 0) is 10.8 Å². The monoisotopic (exact) mass is 245 g/mol. The van der Waals surface area contributed by atoms with Crippen LogP contribution in [0.25, 0.3) is 0 Å². The van der Waals surface area contributed by atoms with Gasteiger partial charge in [0, 0.05) is 41.5 Å². The molecule has 6 heteroatoms. The smallest absolute Gasteiger partial charge is 0.134 e. The highest BCUT2D eigenvalue weighted by molar-refractivity contribution is 7.85. The molecular formula is C9H12ClN3OS. The molecule has 0 radical (unpaired) electrons. The summed E-state index contributed by atoms with van der Waals surface area (Å²) in [4.78, 5) is 10.4. The Kier molecular flexibility index (Phi) is 3.21. The highest BCUT2D eigenvalue weighted by Gasteiger charge is 2.17. The van der Waals surface area contributed by atoms with Gasteiger partial charge in [0.25, 0.3) is 0 Å². The summed E-state index contributed by atoms with van der Waals surface area (Å²) in [6.07, 6.45) is 0. The van der Waals surface area contributed by atoms with Crippen LogP contribution in [0.3, 0.4) is 0 Å². The van der Waals surface area contributed by atoms with Crippen LogP contribution < -0.4 is 4.90 Å². The first-order valence-electron chi connectivity index (χ1n) is 4.76. The lowest BCUT2D eigenvalue weighted by molar-refractivity contribution is 0.672. The standard InChI is InChI=1S/C9H12ClN3OS/c1-7-11-8(10)6-9(12-7)13-2-4-15(14)5-3-13/h6H,2-5H2,1H3. The number of halogens is 1. The molecule has 0 N–H and O–H groups in total. The fourth-order valence-electron chi connectivity index (χ4n) is 1.55. The van der Waals surface area contributed by atoms with Crippen molar-refractivity contribution in [3.63, 3.8) is 0 Å². The lowest BCUT2D eigenvalue weighted by Gasteiger charge is -2.27. The van der Waals surface area contributed by atoms with Crippen molar-refractivity contribution in [1.29, 1.82) is 0 Å². The fraction of sp³-hybridized carbons (Fsp3) is 0.556. The molecule has 0 unspecified atom stereocenters. The Bertz CT molecular complexity index is 369. The zero-order valence-electron chi connectivity index (χ0n) is 8.44. The van der Waals surface area contributed by atoms with E-state index in [2.05, 4.69) is 14.9 Å². The van der Waals surface area contributed by atoms with E-state index in [0.717, 1.165) is 18.9 Å². The largest absolute Gasteiger partial charge is 0.355 e. The van der Waals surface area contributed by atoms with Gasteiger partial charge in [-0.1, -0.05) is 11.6 Å². The van der Waals surface area contributed by atoms with Gasteiger partial charge in [-0.2, -0.15) is 0 Å². The Labute approximate surface area is 96.1 Å². The predicted octanol–water partition coefficient (Wildman–Crippen LogP) is 1.01. The van der Waals surface area contributed by atoms with E-state index in [0.29, 0.717) is 22.5 Å². The Morgan fingerprint density at radius 2 is 2.07 bits per heavy atom. The summed E-state index contributed by atoms with van der Waals surface area (Å²) >= 11 is 5.86. The highest BCUT2D eigenvalue weighted by atomic mass is 35.5. The zero-order chi connectivity index (χ0) is 10.8. The van der Waals surface area contributed by atoms with Crippen molar-refractivity contribution >= 4 is 28.2 Å². The number of anilines is 1. The first-order valence-corrected chi connectivity index (χ1v) is 6.63. The maximum Gasteiger partial charge on any atom is 0.134 e. The molecule has 1 aromatic rings. The fourth-order valence-corrected chi connectivity index (χ4v) is 2.82. The molecule has 0 atom stereocenters. The number of nitrogens with zero attached hydrogens (tertiary/aromatic N) is 3. The summed E-state index contributed by atoms with van der Waals surface area (Å²) in [5.41, 5.74) is 0. The predicted molar refractivity (Wildman–Crippen MR) is 61.9 cm³/mol. The minimum absolute atomic E-state index is 0.462. The molecule has 1 fully saturated rings. The number of rotatable bonds is 1. The zero-order valence-corrected chi connectivity index (χ0v) is 10.0. The first kappa shape index (κ1) is 10.8. The van der Waals surface area contributed by atoms with Gasteiger partial charge < -0.3 is 4.90 Å². The van der Waals surface area contributed by atoms with Crippen molar-refractivity contribution in [1.82, 2.24) is 9.97 Å². The second-order valence-corrected chi connectivity index (χ2v) is 5.51. The van der Waals surface area contributed by atoms with E-state index in [1.807, 2.05) is 6.92 Å². The third-order valence-electron chi connectivity index (χ3n) is 2.29. The Morgan fingerprint density at radius 3 is 2.67 bits per heavy atom. The molecular weight excluding hydrogens is 234 g/mol. The van der Waals surface area contributed by atoms with Crippen LogP contribution in [0.15, 0.2) is 6.07 Å². The van der Waals surface area contributed by atoms with Gasteiger partial charge in [0.1, 0.15) is 16.8 Å². The maximum atomic E-state index is 11.2. The molecule has 82 valence electrons. The van der Waals surface area contributed by atoms with Crippen LogP contribution in [0.4, 0.5) is 5.82 Å². The van der Waals surface area contributed by atoms with Crippen molar-refractivity contribution in [2.75, 3.05) is 29.5 Å². The Hall–Kier alpha value is -0.680. The molecule has 1 aromatic heterocycles. The average molecular weight is 246 g/mol. The van der Waals surface area contributed by atoms with Gasteiger partial charge >= 0.3 is 0 Å². The molecule has 0 spiro atoms. The van der Waals surface area contributed by atoms with Crippen molar-refractivity contribution in [3.05, 3.63) is 17.0 Å². The SMILES string of the molecule is Cc1nc(Cl)cc(N2CCS(=O)CC2)n1. The maximum absolute atomic E-state index is 11.2. The molecule has 4 nitrogen and oxygen atoms in total. The lowest BCUT2D eigenvalue weighted by atomic mass is 10.4. The molecule has 1 aliphatic heterocycles. The van der Waals surface area contributed by atoms with E-state index < -0.39 is 10.8 Å². The van der Waals surface area contributed by atoms with E-state index >= 15 is 0 Å². The summed E-state index contributed by atoms with van der Waals surface area (Å²) in [5, 5.41) is 0.462. The minimum atomic E-state index is -0.663. The minimum Gasteiger partial charge on any atom is -0.355 e. The molecule has 0 saturated carbocycles. The molecule has 15 heavy (non-hydrogen) atoms. The van der Waals surface area contributed by atoms with E-state index in [4.69, 9.17) is 11.6 Å². The summed E-state index contributed by atoms with van der Waals surface area (Å²) in [6.45, 7) is 3.37. The Morgan fingerprint density at radius 1 is 1.40 bits per heavy atom. The molecule has 0 amide bonds. The lowest BCUT2D eigenvalue weighted by Crippen LogP contribution is -2.38. The van der Waals surface area contributed by atoms with Gasteiger partial charge in [-0.25, -0.2) is 9.97 Å². The van der Waals surface area contributed by atoms with Gasteiger partial charge in [-0.15, -0.1) is 0 Å². The highest BCUT2D eigenvalue weighted by Crippen LogP contribution is 2.17. The van der Waals surface area contributed by atoms with Crippen molar-refractivity contribution in [3.8, 4) is 0 Å². The van der Waals surface area contributed by atoms with Crippen molar-refractivity contribution < 1.29 is 4.21 Å². The number of hydrogen-bond donors (Lipinski definition) is 0. The molecule has 2 heterocycles.